The van der Waals surface area contributed by atoms with Gasteiger partial charge < -0.3 is 8.97 Å². The van der Waals surface area contributed by atoms with E-state index < -0.39 is 0 Å². The molecule has 2 aromatic carbocycles. The summed E-state index contributed by atoms with van der Waals surface area (Å²) in [5.74, 6) is -1.42. The summed E-state index contributed by atoms with van der Waals surface area (Å²) in [6.07, 6.45) is 0. The van der Waals surface area contributed by atoms with Gasteiger partial charge in [-0.3, -0.25) is 29.0 Å². The van der Waals surface area contributed by atoms with Crippen LogP contribution >= 0.6 is 0 Å². The van der Waals surface area contributed by atoms with Crippen LogP contribution in [0, 0.1) is 0 Å². The number of quaternary nitrogens is 2. The molecule has 2 heterocycles. The zero-order valence-electron chi connectivity index (χ0n) is 23.8. The molecule has 2 aliphatic rings. The largest absolute Gasteiger partial charge is 0.323 e. The van der Waals surface area contributed by atoms with E-state index >= 15 is 0 Å². The average molecular weight is 523 g/mol. The van der Waals surface area contributed by atoms with Crippen LogP contribution in [0.4, 0.5) is 0 Å². The van der Waals surface area contributed by atoms with E-state index in [2.05, 4.69) is 41.5 Å². The third kappa shape index (κ3) is 4.24. The second-order valence-corrected chi connectivity index (χ2v) is 10.6. The number of amides is 4. The zero-order valence-corrected chi connectivity index (χ0v) is 23.8. The van der Waals surface area contributed by atoms with Crippen LogP contribution in [0.25, 0.3) is 10.8 Å². The Hall–Kier alpha value is -3.10. The summed E-state index contributed by atoms with van der Waals surface area (Å²) < 4.78 is 1.65. The Bertz CT molecular complexity index is 1110. The predicted octanol–water partition coefficient (Wildman–Crippen LogP) is 3.78. The molecule has 0 N–H and O–H groups in total. The van der Waals surface area contributed by atoms with Crippen molar-refractivity contribution < 1.29 is 28.1 Å². The molecule has 0 saturated carbocycles. The summed E-state index contributed by atoms with van der Waals surface area (Å²) in [5.41, 5.74) is 1.54. The van der Waals surface area contributed by atoms with E-state index in [1.54, 1.807) is 24.3 Å². The Morgan fingerprint density at radius 3 is 0.921 bits per heavy atom. The molecule has 8 heteroatoms. The third-order valence-electron chi connectivity index (χ3n) is 9.68. The highest BCUT2D eigenvalue weighted by Crippen LogP contribution is 2.38. The molecule has 0 saturated heterocycles. The number of carbonyl (C=O) groups excluding carboxylic acids is 4. The smallest absolute Gasteiger partial charge is 0.261 e. The van der Waals surface area contributed by atoms with E-state index in [1.807, 2.05) is 0 Å². The third-order valence-corrected chi connectivity index (χ3v) is 9.68. The Labute approximate surface area is 226 Å². The standard InChI is InChI=1S/C30H42N4O4/c1-7-33(8-2,9-3)19-17-31-27(35)21-13-15-23-26-24(16-14-22(25(21)26)28(31)36)30(38)32(29(23)37)18-20-34(10-4,11-5)12-6/h13-16H,7-12,17-20H2,1-6H3/q+2. The normalized spacial score (nSPS) is 15.7. The van der Waals surface area contributed by atoms with Gasteiger partial charge in [0.25, 0.3) is 23.6 Å². The molecule has 4 rings (SSSR count). The Kier molecular flexibility index (Phi) is 7.77. The fourth-order valence-electron chi connectivity index (χ4n) is 6.30. The van der Waals surface area contributed by atoms with E-state index in [-0.39, 0.29) is 23.6 Å². The van der Waals surface area contributed by atoms with E-state index in [0.717, 1.165) is 48.2 Å². The van der Waals surface area contributed by atoms with Gasteiger partial charge in [0.2, 0.25) is 0 Å². The second kappa shape index (κ2) is 10.6. The maximum absolute atomic E-state index is 13.6. The van der Waals surface area contributed by atoms with Crippen LogP contribution in [0.1, 0.15) is 83.0 Å². The van der Waals surface area contributed by atoms with Gasteiger partial charge in [-0.15, -0.1) is 0 Å². The van der Waals surface area contributed by atoms with E-state index in [0.29, 0.717) is 59.2 Å². The molecular weight excluding hydrogens is 480 g/mol. The van der Waals surface area contributed by atoms with Crippen LogP contribution in [-0.4, -0.2) is 108 Å². The monoisotopic (exact) mass is 522 g/mol. The minimum atomic E-state index is -0.356. The summed E-state index contributed by atoms with van der Waals surface area (Å²) >= 11 is 0. The molecule has 0 radical (unpaired) electrons. The lowest BCUT2D eigenvalue weighted by molar-refractivity contribution is -0.922. The van der Waals surface area contributed by atoms with Gasteiger partial charge in [0.05, 0.1) is 65.4 Å². The number of carbonyl (C=O) groups is 4. The average Bonchev–Trinajstić information content (AvgIpc) is 2.95. The van der Waals surface area contributed by atoms with Crippen LogP contribution in [0.2, 0.25) is 0 Å². The van der Waals surface area contributed by atoms with Gasteiger partial charge in [0, 0.05) is 33.0 Å². The van der Waals surface area contributed by atoms with Gasteiger partial charge in [-0.1, -0.05) is 0 Å². The molecule has 8 nitrogen and oxygen atoms in total. The van der Waals surface area contributed by atoms with Crippen LogP contribution in [0.15, 0.2) is 24.3 Å². The van der Waals surface area contributed by atoms with Crippen molar-refractivity contribution in [3.8, 4) is 0 Å². The summed E-state index contributed by atoms with van der Waals surface area (Å²) in [5, 5.41) is 0.881. The highest BCUT2D eigenvalue weighted by atomic mass is 16.2. The van der Waals surface area contributed by atoms with Gasteiger partial charge in [-0.2, -0.15) is 0 Å². The Balaban J connectivity index is 1.71. The minimum absolute atomic E-state index is 0.329. The van der Waals surface area contributed by atoms with Crippen molar-refractivity contribution in [2.24, 2.45) is 0 Å². The maximum atomic E-state index is 13.6. The molecular formula is C30H42N4O4+2. The van der Waals surface area contributed by atoms with Crippen LogP contribution < -0.4 is 0 Å². The number of benzene rings is 2. The SMILES string of the molecule is CC[N+](CC)(CC)CCN1C(=O)c2ccc3c4c(ccc(c24)C1=O)C(=O)N(CC[N+](CC)(CC)CC)C3=O. The maximum Gasteiger partial charge on any atom is 0.261 e. The number of imide groups is 2. The summed E-state index contributed by atoms with van der Waals surface area (Å²) in [4.78, 5) is 57.0. The summed E-state index contributed by atoms with van der Waals surface area (Å²) in [6.45, 7) is 20.4. The fourth-order valence-corrected chi connectivity index (χ4v) is 6.30. The minimum Gasteiger partial charge on any atom is -0.323 e. The van der Waals surface area contributed by atoms with Crippen molar-refractivity contribution in [3.63, 3.8) is 0 Å². The molecule has 4 amide bonds. The van der Waals surface area contributed by atoms with Gasteiger partial charge in [-0.05, 0) is 65.8 Å². The summed E-state index contributed by atoms with van der Waals surface area (Å²) in [7, 11) is 0. The quantitative estimate of drug-likeness (QED) is 0.314. The lowest BCUT2D eigenvalue weighted by Gasteiger charge is -2.39. The molecule has 2 aromatic rings. The first-order valence-corrected chi connectivity index (χ1v) is 14.2. The Morgan fingerprint density at radius 2 is 0.711 bits per heavy atom. The molecule has 0 aliphatic carbocycles. The first kappa shape index (κ1) is 27.9. The van der Waals surface area contributed by atoms with Crippen LogP contribution in [0.5, 0.6) is 0 Å². The molecule has 0 spiro atoms. The van der Waals surface area contributed by atoms with Crippen molar-refractivity contribution in [2.45, 2.75) is 41.5 Å². The van der Waals surface area contributed by atoms with Crippen molar-refractivity contribution in [2.75, 3.05) is 65.4 Å². The van der Waals surface area contributed by atoms with Crippen molar-refractivity contribution in [1.82, 2.24) is 9.80 Å². The lowest BCUT2D eigenvalue weighted by atomic mass is 9.86. The molecule has 0 atom stereocenters. The van der Waals surface area contributed by atoms with E-state index in [9.17, 15) is 19.2 Å². The summed E-state index contributed by atoms with van der Waals surface area (Å²) in [6, 6.07) is 6.63. The number of likely N-dealkylation sites (N-methyl/N-ethyl adjacent to an activating group) is 2. The molecule has 0 aromatic heterocycles. The number of rotatable bonds is 12. The highest BCUT2D eigenvalue weighted by molar-refractivity contribution is 6.33. The Morgan fingerprint density at radius 1 is 0.474 bits per heavy atom. The van der Waals surface area contributed by atoms with Crippen molar-refractivity contribution >= 4 is 34.4 Å². The fraction of sp³-hybridized carbons (Fsp3) is 0.533. The van der Waals surface area contributed by atoms with E-state index in [4.69, 9.17) is 0 Å². The lowest BCUT2D eigenvalue weighted by Crippen LogP contribution is -2.54. The van der Waals surface area contributed by atoms with Gasteiger partial charge in [0.1, 0.15) is 0 Å². The van der Waals surface area contributed by atoms with Crippen LogP contribution in [-0.2, 0) is 0 Å². The molecule has 204 valence electrons. The first-order valence-electron chi connectivity index (χ1n) is 14.2. The molecule has 0 fully saturated rings. The number of hydrogen-bond donors (Lipinski definition) is 0. The molecule has 38 heavy (non-hydrogen) atoms. The molecule has 0 bridgehead atoms. The molecule has 0 unspecified atom stereocenters. The number of nitrogens with zero attached hydrogens (tertiary/aromatic N) is 4. The topological polar surface area (TPSA) is 74.8 Å². The van der Waals surface area contributed by atoms with Crippen molar-refractivity contribution in [3.05, 3.63) is 46.5 Å². The van der Waals surface area contributed by atoms with E-state index in [1.165, 1.54) is 9.80 Å². The van der Waals surface area contributed by atoms with Gasteiger partial charge in [-0.25, -0.2) is 0 Å². The molecule has 2 aliphatic heterocycles. The van der Waals surface area contributed by atoms with Crippen LogP contribution in [0.3, 0.4) is 0 Å². The second-order valence-electron chi connectivity index (χ2n) is 10.6. The van der Waals surface area contributed by atoms with Gasteiger partial charge >= 0.3 is 0 Å². The zero-order chi connectivity index (χ0) is 27.8. The first-order chi connectivity index (χ1) is 18.2. The van der Waals surface area contributed by atoms with Gasteiger partial charge in [0.15, 0.2) is 0 Å². The predicted molar refractivity (Wildman–Crippen MR) is 148 cm³/mol. The van der Waals surface area contributed by atoms with Crippen molar-refractivity contribution in [1.29, 1.82) is 0 Å². The highest BCUT2D eigenvalue weighted by Gasteiger charge is 2.40. The number of hydrogen-bond acceptors (Lipinski definition) is 4.